The van der Waals surface area contributed by atoms with Crippen LogP contribution in [0.1, 0.15) is 19.5 Å². The fourth-order valence-electron chi connectivity index (χ4n) is 3.12. The van der Waals surface area contributed by atoms with Gasteiger partial charge in [0.2, 0.25) is 0 Å². The Morgan fingerprint density at radius 2 is 2.00 bits per heavy atom. The van der Waals surface area contributed by atoms with Crippen molar-refractivity contribution in [2.24, 2.45) is 0 Å². The van der Waals surface area contributed by atoms with Gasteiger partial charge in [0.05, 0.1) is 18.4 Å². The average molecular weight is 348 g/mol. The van der Waals surface area contributed by atoms with Gasteiger partial charge < -0.3 is 10.2 Å². The smallest absolute Gasteiger partial charge is 0.176 e. The molecule has 4 heterocycles. The SMILES string of the molecule is C=C1CNc2ncc(-c3ccc(-c4ncn[nH]4)nc3C)nc2N1C(C)C. The Morgan fingerprint density at radius 3 is 2.69 bits per heavy atom. The molecule has 8 heteroatoms. The molecule has 4 rings (SSSR count). The van der Waals surface area contributed by atoms with E-state index in [1.54, 1.807) is 6.20 Å². The van der Waals surface area contributed by atoms with Crippen LogP contribution >= 0.6 is 0 Å². The molecule has 0 aromatic carbocycles. The number of hydrogen-bond donors (Lipinski definition) is 2. The molecule has 2 N–H and O–H groups in total. The van der Waals surface area contributed by atoms with Crippen LogP contribution in [0.2, 0.25) is 0 Å². The van der Waals surface area contributed by atoms with Crippen molar-refractivity contribution in [3.05, 3.63) is 42.6 Å². The van der Waals surface area contributed by atoms with Crippen LogP contribution in [0.25, 0.3) is 22.8 Å². The van der Waals surface area contributed by atoms with Crippen LogP contribution < -0.4 is 10.2 Å². The van der Waals surface area contributed by atoms with E-state index in [9.17, 15) is 0 Å². The molecular formula is C18H20N8. The molecule has 8 nitrogen and oxygen atoms in total. The van der Waals surface area contributed by atoms with Crippen molar-refractivity contribution in [2.75, 3.05) is 16.8 Å². The normalized spacial score (nSPS) is 13.7. The highest BCUT2D eigenvalue weighted by atomic mass is 15.3. The third-order valence-corrected chi connectivity index (χ3v) is 4.32. The molecule has 0 spiro atoms. The van der Waals surface area contributed by atoms with Crippen molar-refractivity contribution < 1.29 is 0 Å². The van der Waals surface area contributed by atoms with Crippen LogP contribution in [0.3, 0.4) is 0 Å². The van der Waals surface area contributed by atoms with Gasteiger partial charge >= 0.3 is 0 Å². The molecular weight excluding hydrogens is 328 g/mol. The first-order valence-corrected chi connectivity index (χ1v) is 8.46. The molecule has 0 bridgehead atoms. The monoisotopic (exact) mass is 348 g/mol. The maximum Gasteiger partial charge on any atom is 0.176 e. The zero-order valence-corrected chi connectivity index (χ0v) is 15.0. The summed E-state index contributed by atoms with van der Waals surface area (Å²) in [6.45, 7) is 11.0. The maximum absolute atomic E-state index is 4.85. The number of nitrogens with zero attached hydrogens (tertiary/aromatic N) is 6. The van der Waals surface area contributed by atoms with E-state index in [0.29, 0.717) is 12.4 Å². The lowest BCUT2D eigenvalue weighted by Crippen LogP contribution is -2.37. The number of pyridine rings is 1. The molecule has 0 fully saturated rings. The molecule has 0 amide bonds. The minimum atomic E-state index is 0.251. The van der Waals surface area contributed by atoms with Crippen molar-refractivity contribution >= 4 is 11.6 Å². The van der Waals surface area contributed by atoms with Crippen LogP contribution in [-0.2, 0) is 0 Å². The topological polar surface area (TPSA) is 95.5 Å². The van der Waals surface area contributed by atoms with E-state index in [0.717, 1.165) is 40.0 Å². The molecule has 0 saturated heterocycles. The molecule has 3 aromatic rings. The third kappa shape index (κ3) is 2.69. The molecule has 26 heavy (non-hydrogen) atoms. The number of anilines is 2. The summed E-state index contributed by atoms with van der Waals surface area (Å²) in [5.41, 5.74) is 4.29. The lowest BCUT2D eigenvalue weighted by Gasteiger charge is -2.35. The number of rotatable bonds is 3. The van der Waals surface area contributed by atoms with Crippen LogP contribution in [0.4, 0.5) is 11.6 Å². The Labute approximate surface area is 151 Å². The lowest BCUT2D eigenvalue weighted by molar-refractivity contribution is 0.724. The summed E-state index contributed by atoms with van der Waals surface area (Å²) in [4.78, 5) is 20.3. The number of H-pyrrole nitrogens is 1. The predicted octanol–water partition coefficient (Wildman–Crippen LogP) is 2.79. The van der Waals surface area contributed by atoms with Crippen molar-refractivity contribution in [1.82, 2.24) is 30.1 Å². The first-order chi connectivity index (χ1) is 12.5. The Kier molecular flexibility index (Phi) is 3.87. The summed E-state index contributed by atoms with van der Waals surface area (Å²) in [5, 5.41) is 9.97. The van der Waals surface area contributed by atoms with Crippen LogP contribution in [0, 0.1) is 6.92 Å². The molecule has 0 saturated carbocycles. The molecule has 0 unspecified atom stereocenters. The Balaban J connectivity index is 1.76. The van der Waals surface area contributed by atoms with Gasteiger partial charge in [0.15, 0.2) is 17.5 Å². The van der Waals surface area contributed by atoms with Crippen molar-refractivity contribution in [2.45, 2.75) is 26.8 Å². The zero-order valence-electron chi connectivity index (χ0n) is 15.0. The van der Waals surface area contributed by atoms with Gasteiger partial charge in [-0.1, -0.05) is 6.58 Å². The van der Waals surface area contributed by atoms with Gasteiger partial charge in [-0.3, -0.25) is 5.10 Å². The quantitative estimate of drug-likeness (QED) is 0.751. The van der Waals surface area contributed by atoms with Gasteiger partial charge in [-0.25, -0.2) is 19.9 Å². The zero-order chi connectivity index (χ0) is 18.3. The van der Waals surface area contributed by atoms with Crippen LogP contribution in [-0.4, -0.2) is 42.7 Å². The highest BCUT2D eigenvalue weighted by Crippen LogP contribution is 2.33. The van der Waals surface area contributed by atoms with E-state index in [2.05, 4.69) is 55.8 Å². The summed E-state index contributed by atoms with van der Waals surface area (Å²) in [5.74, 6) is 2.22. The summed E-state index contributed by atoms with van der Waals surface area (Å²) in [6, 6.07) is 4.14. The number of fused-ring (bicyclic) bond motifs is 1. The second kappa shape index (κ2) is 6.21. The van der Waals surface area contributed by atoms with E-state index in [1.165, 1.54) is 6.33 Å². The van der Waals surface area contributed by atoms with Gasteiger partial charge in [0.25, 0.3) is 0 Å². The van der Waals surface area contributed by atoms with E-state index in [4.69, 9.17) is 4.98 Å². The van der Waals surface area contributed by atoms with E-state index in [-0.39, 0.29) is 6.04 Å². The number of aromatic amines is 1. The average Bonchev–Trinajstić information content (AvgIpc) is 3.15. The lowest BCUT2D eigenvalue weighted by atomic mass is 10.1. The third-order valence-electron chi connectivity index (χ3n) is 4.32. The molecule has 132 valence electrons. The van der Waals surface area contributed by atoms with Gasteiger partial charge in [-0.2, -0.15) is 5.10 Å². The largest absolute Gasteiger partial charge is 0.361 e. The molecule has 1 aliphatic heterocycles. The predicted molar refractivity (Wildman–Crippen MR) is 101 cm³/mol. The first-order valence-electron chi connectivity index (χ1n) is 8.46. The minimum Gasteiger partial charge on any atom is -0.361 e. The van der Waals surface area contributed by atoms with Gasteiger partial charge in [0.1, 0.15) is 12.0 Å². The summed E-state index contributed by atoms with van der Waals surface area (Å²) in [7, 11) is 0. The molecule has 0 aliphatic carbocycles. The van der Waals surface area contributed by atoms with E-state index in [1.807, 2.05) is 19.1 Å². The van der Waals surface area contributed by atoms with Crippen molar-refractivity contribution in [3.63, 3.8) is 0 Å². The molecule has 0 radical (unpaired) electrons. The highest BCUT2D eigenvalue weighted by molar-refractivity contribution is 5.73. The summed E-state index contributed by atoms with van der Waals surface area (Å²) >= 11 is 0. The van der Waals surface area contributed by atoms with Gasteiger partial charge in [0, 0.05) is 23.0 Å². The number of aromatic nitrogens is 6. The Bertz CT molecular complexity index is 961. The maximum atomic E-state index is 4.85. The highest BCUT2D eigenvalue weighted by Gasteiger charge is 2.25. The Hall–Kier alpha value is -3.29. The second-order valence-electron chi connectivity index (χ2n) is 6.47. The number of hydrogen-bond acceptors (Lipinski definition) is 7. The minimum absolute atomic E-state index is 0.251. The molecule has 1 aliphatic rings. The van der Waals surface area contributed by atoms with E-state index < -0.39 is 0 Å². The van der Waals surface area contributed by atoms with Crippen molar-refractivity contribution in [3.8, 4) is 22.8 Å². The molecule has 0 atom stereocenters. The first kappa shape index (κ1) is 16.2. The molecule has 3 aromatic heterocycles. The number of nitrogens with one attached hydrogen (secondary N) is 2. The fourth-order valence-corrected chi connectivity index (χ4v) is 3.12. The Morgan fingerprint density at radius 1 is 1.15 bits per heavy atom. The fraction of sp³-hybridized carbons (Fsp3) is 0.278. The number of aryl methyl sites for hydroxylation is 1. The van der Waals surface area contributed by atoms with Crippen molar-refractivity contribution in [1.29, 1.82) is 0 Å². The summed E-state index contributed by atoms with van der Waals surface area (Å²) in [6.07, 6.45) is 3.24. The summed E-state index contributed by atoms with van der Waals surface area (Å²) < 4.78 is 0. The van der Waals surface area contributed by atoms with Gasteiger partial charge in [-0.15, -0.1) is 0 Å². The second-order valence-corrected chi connectivity index (χ2v) is 6.47. The standard InChI is InChI=1S/C18H20N8/c1-10(2)26-11(3)7-19-17-18(26)24-15(8-20-17)13-5-6-14(23-12(13)4)16-21-9-22-25-16/h5-6,8-10H,3,7H2,1-2,4H3,(H,19,20)(H,21,22,25). The van der Waals surface area contributed by atoms with Crippen LogP contribution in [0.15, 0.2) is 36.9 Å². The van der Waals surface area contributed by atoms with E-state index >= 15 is 0 Å². The van der Waals surface area contributed by atoms with Crippen LogP contribution in [0.5, 0.6) is 0 Å². The van der Waals surface area contributed by atoms with Gasteiger partial charge in [-0.05, 0) is 32.9 Å².